The van der Waals surface area contributed by atoms with Crippen molar-refractivity contribution >= 4 is 28.5 Å². The van der Waals surface area contributed by atoms with Gasteiger partial charge in [-0.05, 0) is 31.2 Å². The minimum atomic E-state index is -0.166. The predicted molar refractivity (Wildman–Crippen MR) is 89.7 cm³/mol. The van der Waals surface area contributed by atoms with Crippen molar-refractivity contribution in [3.05, 3.63) is 52.6 Å². The zero-order valence-electron chi connectivity index (χ0n) is 13.0. The Hall–Kier alpha value is -2.78. The van der Waals surface area contributed by atoms with Gasteiger partial charge in [-0.2, -0.15) is 5.26 Å². The molecular formula is C17H14ClN5O. The second-order valence-corrected chi connectivity index (χ2v) is 6.21. The van der Waals surface area contributed by atoms with Crippen molar-refractivity contribution in [3.63, 3.8) is 0 Å². The molecule has 0 bridgehead atoms. The summed E-state index contributed by atoms with van der Waals surface area (Å²) in [6.07, 6.45) is 0. The van der Waals surface area contributed by atoms with Gasteiger partial charge in [0.25, 0.3) is 5.91 Å². The quantitative estimate of drug-likeness (QED) is 0.740. The van der Waals surface area contributed by atoms with Crippen molar-refractivity contribution in [3.8, 4) is 6.07 Å². The van der Waals surface area contributed by atoms with E-state index in [1.54, 1.807) is 23.1 Å². The van der Waals surface area contributed by atoms with E-state index >= 15 is 0 Å². The third-order valence-electron chi connectivity index (χ3n) is 4.52. The molecule has 0 saturated carbocycles. The standard InChI is InChI=1S/C17H14ClN5O/c1-10-14-6-5-11(9-19)23(14)8-7-22(10)17(24)16-20-13-4-2-3-12(18)15(13)21-16/h2-6,10H,7-8H2,1H3,(H,20,21)/t10-/m1/s1. The van der Waals surface area contributed by atoms with Crippen LogP contribution in [0.25, 0.3) is 11.0 Å². The number of carbonyl (C=O) groups excluding carboxylic acids is 1. The number of halogens is 1. The number of nitrogens with zero attached hydrogens (tertiary/aromatic N) is 4. The molecule has 2 aromatic heterocycles. The molecule has 6 nitrogen and oxygen atoms in total. The molecule has 0 saturated heterocycles. The molecule has 1 N–H and O–H groups in total. The minimum Gasteiger partial charge on any atom is -0.333 e. The highest BCUT2D eigenvalue weighted by molar-refractivity contribution is 6.35. The van der Waals surface area contributed by atoms with Crippen LogP contribution in [0.3, 0.4) is 0 Å². The minimum absolute atomic E-state index is 0.128. The molecule has 0 radical (unpaired) electrons. The smallest absolute Gasteiger partial charge is 0.290 e. The normalized spacial score (nSPS) is 16.9. The lowest BCUT2D eigenvalue weighted by Gasteiger charge is -2.34. The number of H-pyrrole nitrogens is 1. The maximum atomic E-state index is 12.9. The molecule has 120 valence electrons. The Labute approximate surface area is 143 Å². The van der Waals surface area contributed by atoms with Crippen molar-refractivity contribution in [1.29, 1.82) is 5.26 Å². The van der Waals surface area contributed by atoms with Gasteiger partial charge in [0.05, 0.1) is 22.1 Å². The molecule has 1 aromatic carbocycles. The van der Waals surface area contributed by atoms with E-state index in [2.05, 4.69) is 16.0 Å². The van der Waals surface area contributed by atoms with Gasteiger partial charge in [0.15, 0.2) is 5.82 Å². The Bertz CT molecular complexity index is 996. The lowest BCUT2D eigenvalue weighted by Crippen LogP contribution is -2.41. The SMILES string of the molecule is C[C@@H]1c2ccc(C#N)n2CCN1C(=O)c1nc2cccc(Cl)c2[nH]1. The second-order valence-electron chi connectivity index (χ2n) is 5.80. The van der Waals surface area contributed by atoms with Gasteiger partial charge >= 0.3 is 0 Å². The average molecular weight is 340 g/mol. The molecule has 1 amide bonds. The Morgan fingerprint density at radius 3 is 2.96 bits per heavy atom. The summed E-state index contributed by atoms with van der Waals surface area (Å²) in [6, 6.07) is 11.1. The van der Waals surface area contributed by atoms with Gasteiger partial charge in [0.1, 0.15) is 11.8 Å². The summed E-state index contributed by atoms with van der Waals surface area (Å²) < 4.78 is 1.96. The van der Waals surface area contributed by atoms with Crippen LogP contribution in [-0.2, 0) is 6.54 Å². The van der Waals surface area contributed by atoms with Gasteiger partial charge in [0.2, 0.25) is 0 Å². The zero-order valence-corrected chi connectivity index (χ0v) is 13.7. The van der Waals surface area contributed by atoms with Gasteiger partial charge in [0, 0.05) is 18.8 Å². The fraction of sp³-hybridized carbons (Fsp3) is 0.235. The number of aromatic nitrogens is 3. The summed E-state index contributed by atoms with van der Waals surface area (Å²) in [5.74, 6) is 0.117. The number of hydrogen-bond acceptors (Lipinski definition) is 3. The van der Waals surface area contributed by atoms with Crippen LogP contribution in [0.2, 0.25) is 5.02 Å². The molecule has 0 unspecified atom stereocenters. The van der Waals surface area contributed by atoms with Crippen molar-refractivity contribution in [2.45, 2.75) is 19.5 Å². The first-order valence-electron chi connectivity index (χ1n) is 7.65. The van der Waals surface area contributed by atoms with Crippen LogP contribution >= 0.6 is 11.6 Å². The van der Waals surface area contributed by atoms with Gasteiger partial charge in [-0.15, -0.1) is 0 Å². The summed E-state index contributed by atoms with van der Waals surface area (Å²) in [4.78, 5) is 22.1. The van der Waals surface area contributed by atoms with Crippen LogP contribution in [0.5, 0.6) is 0 Å². The number of nitrogens with one attached hydrogen (secondary N) is 1. The third-order valence-corrected chi connectivity index (χ3v) is 4.83. The van der Waals surface area contributed by atoms with E-state index in [0.717, 1.165) is 5.69 Å². The lowest BCUT2D eigenvalue weighted by atomic mass is 10.1. The molecule has 0 fully saturated rings. The van der Waals surface area contributed by atoms with Crippen LogP contribution < -0.4 is 0 Å². The molecule has 1 aliphatic rings. The summed E-state index contributed by atoms with van der Waals surface area (Å²) in [6.45, 7) is 3.09. The highest BCUT2D eigenvalue weighted by Crippen LogP contribution is 2.29. The summed E-state index contributed by atoms with van der Waals surface area (Å²) >= 11 is 6.15. The van der Waals surface area contributed by atoms with E-state index < -0.39 is 0 Å². The molecule has 1 aliphatic heterocycles. The predicted octanol–water partition coefficient (Wildman–Crippen LogP) is 3.11. The largest absolute Gasteiger partial charge is 0.333 e. The number of benzene rings is 1. The van der Waals surface area contributed by atoms with E-state index in [0.29, 0.717) is 34.8 Å². The van der Waals surface area contributed by atoms with Crippen LogP contribution in [0.1, 0.15) is 35.0 Å². The molecule has 7 heteroatoms. The highest BCUT2D eigenvalue weighted by Gasteiger charge is 2.31. The maximum absolute atomic E-state index is 12.9. The van der Waals surface area contributed by atoms with Gasteiger partial charge in [-0.1, -0.05) is 17.7 Å². The number of imidazole rings is 1. The van der Waals surface area contributed by atoms with Crippen molar-refractivity contribution < 1.29 is 4.79 Å². The van der Waals surface area contributed by atoms with E-state index in [-0.39, 0.29) is 17.8 Å². The maximum Gasteiger partial charge on any atom is 0.290 e. The average Bonchev–Trinajstić information content (AvgIpc) is 3.19. The Kier molecular flexibility index (Phi) is 3.32. The fourth-order valence-corrected chi connectivity index (χ4v) is 3.48. The lowest BCUT2D eigenvalue weighted by molar-refractivity contribution is 0.0632. The number of aromatic amines is 1. The van der Waals surface area contributed by atoms with Crippen LogP contribution in [0.4, 0.5) is 0 Å². The van der Waals surface area contributed by atoms with E-state index in [1.165, 1.54) is 0 Å². The Morgan fingerprint density at radius 2 is 2.21 bits per heavy atom. The number of hydrogen-bond donors (Lipinski definition) is 1. The van der Waals surface area contributed by atoms with Crippen molar-refractivity contribution in [2.75, 3.05) is 6.54 Å². The molecule has 24 heavy (non-hydrogen) atoms. The first kappa shape index (κ1) is 14.8. The number of fused-ring (bicyclic) bond motifs is 2. The summed E-state index contributed by atoms with van der Waals surface area (Å²) in [7, 11) is 0. The number of para-hydroxylation sites is 1. The van der Waals surface area contributed by atoms with E-state index in [9.17, 15) is 4.79 Å². The monoisotopic (exact) mass is 339 g/mol. The molecule has 3 heterocycles. The van der Waals surface area contributed by atoms with Crippen LogP contribution in [-0.4, -0.2) is 31.9 Å². The van der Waals surface area contributed by atoms with Gasteiger partial charge < -0.3 is 14.5 Å². The second kappa shape index (κ2) is 5.39. The Balaban J connectivity index is 1.69. The fourth-order valence-electron chi connectivity index (χ4n) is 3.27. The van der Waals surface area contributed by atoms with E-state index in [4.69, 9.17) is 16.9 Å². The molecule has 1 atom stereocenters. The molecule has 0 spiro atoms. The molecule has 4 rings (SSSR count). The summed E-state index contributed by atoms with van der Waals surface area (Å²) in [5.41, 5.74) is 2.92. The van der Waals surface area contributed by atoms with Crippen LogP contribution in [0.15, 0.2) is 30.3 Å². The van der Waals surface area contributed by atoms with Gasteiger partial charge in [-0.25, -0.2) is 4.98 Å². The zero-order chi connectivity index (χ0) is 16.8. The molecule has 3 aromatic rings. The van der Waals surface area contributed by atoms with Crippen LogP contribution in [0, 0.1) is 11.3 Å². The number of carbonyl (C=O) groups is 1. The highest BCUT2D eigenvalue weighted by atomic mass is 35.5. The van der Waals surface area contributed by atoms with Crippen molar-refractivity contribution in [2.24, 2.45) is 0 Å². The van der Waals surface area contributed by atoms with Crippen molar-refractivity contribution in [1.82, 2.24) is 19.4 Å². The summed E-state index contributed by atoms with van der Waals surface area (Å²) in [5, 5.41) is 9.69. The Morgan fingerprint density at radius 1 is 1.38 bits per heavy atom. The number of rotatable bonds is 1. The molecule has 0 aliphatic carbocycles. The number of amides is 1. The van der Waals surface area contributed by atoms with Gasteiger partial charge in [-0.3, -0.25) is 4.79 Å². The first-order valence-corrected chi connectivity index (χ1v) is 8.02. The molecular weight excluding hydrogens is 326 g/mol. The number of nitriles is 1. The topological polar surface area (TPSA) is 77.7 Å². The third kappa shape index (κ3) is 2.09. The first-order chi connectivity index (χ1) is 11.6. The van der Waals surface area contributed by atoms with E-state index in [1.807, 2.05) is 23.6 Å².